The molecule has 0 aliphatic rings. The highest BCUT2D eigenvalue weighted by Gasteiger charge is 2.18. The van der Waals surface area contributed by atoms with Crippen LogP contribution in [0.15, 0.2) is 12.2 Å². The Morgan fingerprint density at radius 3 is 1.79 bits per heavy atom. The highest BCUT2D eigenvalue weighted by atomic mass is 31.1. The van der Waals surface area contributed by atoms with Crippen molar-refractivity contribution in [3.8, 4) is 0 Å². The summed E-state index contributed by atoms with van der Waals surface area (Å²) in [6, 6.07) is 0. The van der Waals surface area contributed by atoms with Gasteiger partial charge < -0.3 is 0 Å². The Balaban J connectivity index is 3.36. The second-order valence-corrected chi connectivity index (χ2v) is 3.07. The maximum Gasteiger partial charge on any atom is 0.697 e. The van der Waals surface area contributed by atoms with Crippen LogP contribution in [0.2, 0.25) is 0 Å². The van der Waals surface area contributed by atoms with Gasteiger partial charge in [0, 0.05) is 29.6 Å². The Kier molecular flexibility index (Phi) is 9.23. The molecule has 0 aliphatic heterocycles. The van der Waals surface area contributed by atoms with E-state index >= 15 is 0 Å². The third kappa shape index (κ3) is 9.01. The molecule has 76 valence electrons. The molecule has 14 heavy (non-hydrogen) atoms. The summed E-state index contributed by atoms with van der Waals surface area (Å²) >= 11 is 0. The van der Waals surface area contributed by atoms with Crippen molar-refractivity contribution in [1.82, 2.24) is 0 Å². The Labute approximate surface area is 82.3 Å². The van der Waals surface area contributed by atoms with Gasteiger partial charge in [-0.05, 0) is 0 Å². The number of rotatable bonds is 8. The van der Waals surface area contributed by atoms with Crippen LogP contribution in [-0.4, -0.2) is 25.1 Å². The van der Waals surface area contributed by atoms with E-state index in [0.717, 1.165) is 0 Å². The lowest BCUT2D eigenvalue weighted by Crippen LogP contribution is -1.89. The van der Waals surface area contributed by atoms with E-state index in [-0.39, 0.29) is 13.2 Å². The summed E-state index contributed by atoms with van der Waals surface area (Å²) in [4.78, 5) is 19.4. The zero-order chi connectivity index (χ0) is 10.6. The quantitative estimate of drug-likeness (QED) is 0.347. The first-order chi connectivity index (χ1) is 6.81. The molecule has 0 heterocycles. The molecule has 0 radical (unpaired) electrons. The van der Waals surface area contributed by atoms with Crippen LogP contribution in [0.3, 0.4) is 0 Å². The van der Waals surface area contributed by atoms with E-state index in [1.807, 2.05) is 0 Å². The molecule has 0 saturated carbocycles. The minimum absolute atomic E-state index is 0.147. The highest BCUT2D eigenvalue weighted by molar-refractivity contribution is 7.33. The molecule has 0 aromatic carbocycles. The second kappa shape index (κ2) is 10.0. The van der Waals surface area contributed by atoms with Crippen molar-refractivity contribution >= 4 is 20.1 Å². The van der Waals surface area contributed by atoms with Gasteiger partial charge in [-0.15, -0.1) is 9.05 Å². The van der Waals surface area contributed by atoms with Crippen LogP contribution in [0.1, 0.15) is 12.8 Å². The number of hydrogen-bond donors (Lipinski definition) is 0. The van der Waals surface area contributed by atoms with Crippen molar-refractivity contribution in [2.45, 2.75) is 12.8 Å². The lowest BCUT2D eigenvalue weighted by atomic mass is 10.5. The highest BCUT2D eigenvalue weighted by Crippen LogP contribution is 2.23. The van der Waals surface area contributed by atoms with Crippen LogP contribution in [0, 0.1) is 0 Å². The van der Waals surface area contributed by atoms with E-state index in [1.54, 1.807) is 11.9 Å². The molecule has 0 saturated heterocycles. The van der Waals surface area contributed by atoms with Crippen molar-refractivity contribution in [3.05, 3.63) is 12.2 Å². The summed E-state index contributed by atoms with van der Waals surface area (Å²) in [5, 5.41) is 0. The molecule has 0 N–H and O–H groups in total. The summed E-state index contributed by atoms with van der Waals surface area (Å²) in [6.07, 6.45) is 3.17. The fourth-order valence-corrected chi connectivity index (χ4v) is 1.11. The van der Waals surface area contributed by atoms with Gasteiger partial charge in [0.05, 0.1) is 0 Å². The number of hydrogen-bond acceptors (Lipinski definition) is 5. The van der Waals surface area contributed by atoms with Crippen molar-refractivity contribution < 1.29 is 23.2 Å². The standard InChI is InChI=1S/C8H10O5P/c9-5-1-3-7-12-14(11)13-8-4-2-6-10/h1-2H,3-4,7-8H2/q+1. The molecule has 0 aromatic heterocycles. The van der Waals surface area contributed by atoms with Gasteiger partial charge in [-0.25, -0.2) is 9.59 Å². The van der Waals surface area contributed by atoms with Crippen molar-refractivity contribution in [3.63, 3.8) is 0 Å². The van der Waals surface area contributed by atoms with E-state index in [4.69, 9.17) is 0 Å². The molecule has 0 aliphatic carbocycles. The zero-order valence-corrected chi connectivity index (χ0v) is 8.37. The largest absolute Gasteiger partial charge is 0.697 e. The molecular formula is C8H10O5P+. The minimum Gasteiger partial charge on any atom is -0.234 e. The molecule has 0 bridgehead atoms. The Hall–Kier alpha value is -1.08. The Bertz CT molecular complexity index is 237. The summed E-state index contributed by atoms with van der Waals surface area (Å²) < 4.78 is 20.2. The normalized spacial score (nSPS) is 9.86. The topological polar surface area (TPSA) is 69.7 Å². The van der Waals surface area contributed by atoms with Crippen molar-refractivity contribution in [2.75, 3.05) is 13.2 Å². The molecule has 0 fully saturated rings. The lowest BCUT2D eigenvalue weighted by molar-refractivity contribution is 0.231. The van der Waals surface area contributed by atoms with Gasteiger partial charge in [0.2, 0.25) is 0 Å². The predicted octanol–water partition coefficient (Wildman–Crippen LogP) is 1.23. The van der Waals surface area contributed by atoms with E-state index in [1.165, 1.54) is 12.2 Å². The maximum absolute atomic E-state index is 10.8. The maximum atomic E-state index is 10.8. The van der Waals surface area contributed by atoms with E-state index in [9.17, 15) is 14.2 Å². The van der Waals surface area contributed by atoms with Crippen LogP contribution in [0.4, 0.5) is 0 Å². The van der Waals surface area contributed by atoms with Crippen LogP contribution < -0.4 is 0 Å². The molecule has 0 unspecified atom stereocenters. The predicted molar refractivity (Wildman–Crippen MR) is 49.3 cm³/mol. The number of carbonyl (C=O) groups excluding carboxylic acids is 2. The monoisotopic (exact) mass is 217 g/mol. The molecule has 0 amide bonds. The molecule has 0 atom stereocenters. The van der Waals surface area contributed by atoms with Gasteiger partial charge in [0.25, 0.3) is 0 Å². The fraction of sp³-hybridized carbons (Fsp3) is 0.500. The van der Waals surface area contributed by atoms with E-state index in [2.05, 4.69) is 9.05 Å². The summed E-state index contributed by atoms with van der Waals surface area (Å²) in [6.45, 7) is 0.294. The first-order valence-corrected chi connectivity index (χ1v) is 5.02. The van der Waals surface area contributed by atoms with E-state index < -0.39 is 8.25 Å². The van der Waals surface area contributed by atoms with Crippen LogP contribution in [0.25, 0.3) is 0 Å². The first-order valence-electron chi connectivity index (χ1n) is 3.93. The summed E-state index contributed by atoms with van der Waals surface area (Å²) in [5.41, 5.74) is 0. The minimum atomic E-state index is -2.16. The molecule has 6 heteroatoms. The summed E-state index contributed by atoms with van der Waals surface area (Å²) in [5.74, 6) is 3.13. The SMILES string of the molecule is O=C=CCCO[P+](=O)OCCC=C=O. The van der Waals surface area contributed by atoms with Crippen LogP contribution in [-0.2, 0) is 23.2 Å². The van der Waals surface area contributed by atoms with Gasteiger partial charge in [-0.3, -0.25) is 0 Å². The third-order valence-electron chi connectivity index (χ3n) is 1.08. The van der Waals surface area contributed by atoms with Gasteiger partial charge in [0.15, 0.2) is 0 Å². The van der Waals surface area contributed by atoms with Crippen LogP contribution >= 0.6 is 8.25 Å². The van der Waals surface area contributed by atoms with Crippen LogP contribution in [0.5, 0.6) is 0 Å². The first kappa shape index (κ1) is 12.9. The lowest BCUT2D eigenvalue weighted by Gasteiger charge is -1.86. The smallest absolute Gasteiger partial charge is 0.234 e. The van der Waals surface area contributed by atoms with Crippen molar-refractivity contribution in [2.24, 2.45) is 0 Å². The average molecular weight is 217 g/mol. The molecule has 0 aromatic rings. The Morgan fingerprint density at radius 2 is 1.43 bits per heavy atom. The van der Waals surface area contributed by atoms with Gasteiger partial charge in [-0.1, -0.05) is 0 Å². The molecule has 0 spiro atoms. The van der Waals surface area contributed by atoms with Crippen molar-refractivity contribution in [1.29, 1.82) is 0 Å². The van der Waals surface area contributed by atoms with Gasteiger partial charge >= 0.3 is 8.25 Å². The molecular weight excluding hydrogens is 207 g/mol. The van der Waals surface area contributed by atoms with E-state index in [0.29, 0.717) is 12.8 Å². The fourth-order valence-electron chi connectivity index (χ4n) is 0.527. The molecule has 0 rings (SSSR count). The molecule has 5 nitrogen and oxygen atoms in total. The Morgan fingerprint density at radius 1 is 1.00 bits per heavy atom. The van der Waals surface area contributed by atoms with Gasteiger partial charge in [-0.2, -0.15) is 0 Å². The average Bonchev–Trinajstić information content (AvgIpc) is 2.19. The summed E-state index contributed by atoms with van der Waals surface area (Å²) in [7, 11) is -2.16. The second-order valence-electron chi connectivity index (χ2n) is 2.11. The van der Waals surface area contributed by atoms with Gasteiger partial charge in [0.1, 0.15) is 25.1 Å². The third-order valence-corrected chi connectivity index (χ3v) is 1.87. The zero-order valence-electron chi connectivity index (χ0n) is 7.47.